The van der Waals surface area contributed by atoms with Gasteiger partial charge in [0, 0.05) is 28.6 Å². The number of methoxy groups -OCH3 is 1. The number of H-pyrrole nitrogens is 1. The molecule has 1 amide bonds. The standard InChI is InChI=1S/C20H19N3O4S/c1-13-19(16-12-15(27-2)8-9-17(16)21-13)28(25,26)18-10-11-23(22-18)20(24)14-6-4-3-5-7-14/h3-9,12,21H,10-11H2,1-2H3. The van der Waals surface area contributed by atoms with Crippen molar-refractivity contribution < 1.29 is 17.9 Å². The zero-order valence-corrected chi connectivity index (χ0v) is 16.3. The van der Waals surface area contributed by atoms with Crippen molar-refractivity contribution in [1.29, 1.82) is 0 Å². The lowest BCUT2D eigenvalue weighted by Crippen LogP contribution is -2.23. The molecule has 2 aromatic carbocycles. The molecule has 0 fully saturated rings. The number of hydrogen-bond acceptors (Lipinski definition) is 5. The van der Waals surface area contributed by atoms with E-state index in [-0.39, 0.29) is 28.8 Å². The van der Waals surface area contributed by atoms with Gasteiger partial charge in [-0.2, -0.15) is 5.10 Å². The van der Waals surface area contributed by atoms with Crippen LogP contribution in [0.2, 0.25) is 0 Å². The van der Waals surface area contributed by atoms with Gasteiger partial charge in [0.15, 0.2) is 5.04 Å². The lowest BCUT2D eigenvalue weighted by atomic mass is 10.2. The van der Waals surface area contributed by atoms with Crippen LogP contribution >= 0.6 is 0 Å². The molecule has 0 saturated heterocycles. The Kier molecular flexibility index (Phi) is 4.43. The quantitative estimate of drug-likeness (QED) is 0.735. The van der Waals surface area contributed by atoms with Crippen LogP contribution in [-0.2, 0) is 9.84 Å². The number of carbonyl (C=O) groups excluding carboxylic acids is 1. The number of hydrogen-bond donors (Lipinski definition) is 1. The number of rotatable bonds is 3. The Balaban J connectivity index is 1.74. The van der Waals surface area contributed by atoms with Crippen molar-refractivity contribution >= 4 is 31.7 Å². The lowest BCUT2D eigenvalue weighted by molar-refractivity contribution is 0.0778. The van der Waals surface area contributed by atoms with Crippen LogP contribution in [0.25, 0.3) is 10.9 Å². The summed E-state index contributed by atoms with van der Waals surface area (Å²) in [6.07, 6.45) is 0.178. The third-order valence-electron chi connectivity index (χ3n) is 4.74. The van der Waals surface area contributed by atoms with Crippen LogP contribution in [0.15, 0.2) is 58.5 Å². The number of ether oxygens (including phenoxy) is 1. The first kappa shape index (κ1) is 18.2. The fourth-order valence-corrected chi connectivity index (χ4v) is 5.09. The molecule has 1 aliphatic rings. The van der Waals surface area contributed by atoms with Crippen LogP contribution in [0.4, 0.5) is 0 Å². The number of fused-ring (bicyclic) bond motifs is 1. The molecule has 1 aliphatic heterocycles. The molecule has 4 rings (SSSR count). The lowest BCUT2D eigenvalue weighted by Gasteiger charge is -2.10. The smallest absolute Gasteiger partial charge is 0.273 e. The molecular weight excluding hydrogens is 378 g/mol. The van der Waals surface area contributed by atoms with Gasteiger partial charge in [0.25, 0.3) is 5.91 Å². The summed E-state index contributed by atoms with van der Waals surface area (Å²) >= 11 is 0. The summed E-state index contributed by atoms with van der Waals surface area (Å²) in [4.78, 5) is 15.8. The summed E-state index contributed by atoms with van der Waals surface area (Å²) in [6, 6.07) is 13.9. The first-order valence-electron chi connectivity index (χ1n) is 8.77. The highest BCUT2D eigenvalue weighted by molar-refractivity contribution is 8.06. The second-order valence-corrected chi connectivity index (χ2v) is 8.42. The van der Waals surface area contributed by atoms with Crippen LogP contribution in [0.5, 0.6) is 5.75 Å². The van der Waals surface area contributed by atoms with Gasteiger partial charge in [0.2, 0.25) is 9.84 Å². The molecule has 3 aromatic rings. The maximum absolute atomic E-state index is 13.3. The fraction of sp³-hybridized carbons (Fsp3) is 0.200. The van der Waals surface area contributed by atoms with Gasteiger partial charge < -0.3 is 9.72 Å². The first-order valence-corrected chi connectivity index (χ1v) is 10.3. The van der Waals surface area contributed by atoms with Gasteiger partial charge in [-0.25, -0.2) is 13.4 Å². The van der Waals surface area contributed by atoms with E-state index in [2.05, 4.69) is 10.1 Å². The predicted molar refractivity (Wildman–Crippen MR) is 106 cm³/mol. The maximum atomic E-state index is 13.3. The number of aryl methyl sites for hydroxylation is 1. The molecule has 2 heterocycles. The summed E-state index contributed by atoms with van der Waals surface area (Å²) < 4.78 is 31.8. The van der Waals surface area contributed by atoms with Crippen LogP contribution in [0, 0.1) is 6.92 Å². The highest BCUT2D eigenvalue weighted by atomic mass is 32.2. The van der Waals surface area contributed by atoms with Crippen molar-refractivity contribution in [1.82, 2.24) is 9.99 Å². The number of sulfone groups is 1. The molecular formula is C20H19N3O4S. The Labute approximate surface area is 162 Å². The van der Waals surface area contributed by atoms with Crippen molar-refractivity contribution in [2.45, 2.75) is 18.2 Å². The van der Waals surface area contributed by atoms with Crippen molar-refractivity contribution in [3.8, 4) is 5.75 Å². The molecule has 8 heteroatoms. The van der Waals surface area contributed by atoms with Crippen molar-refractivity contribution in [3.05, 3.63) is 59.8 Å². The zero-order valence-electron chi connectivity index (χ0n) is 15.5. The normalized spacial score (nSPS) is 14.4. The molecule has 0 radical (unpaired) electrons. The van der Waals surface area contributed by atoms with E-state index in [9.17, 15) is 13.2 Å². The van der Waals surface area contributed by atoms with Crippen molar-refractivity contribution in [2.24, 2.45) is 5.10 Å². The summed E-state index contributed by atoms with van der Waals surface area (Å²) in [5.74, 6) is 0.250. The van der Waals surface area contributed by atoms with Gasteiger partial charge in [-0.1, -0.05) is 18.2 Å². The van der Waals surface area contributed by atoms with Gasteiger partial charge in [-0.15, -0.1) is 0 Å². The third-order valence-corrected chi connectivity index (χ3v) is 6.71. The minimum Gasteiger partial charge on any atom is -0.497 e. The fourth-order valence-electron chi connectivity index (χ4n) is 3.37. The zero-order chi connectivity index (χ0) is 19.9. The second-order valence-electron chi connectivity index (χ2n) is 6.53. The highest BCUT2D eigenvalue weighted by Gasteiger charge is 2.34. The molecule has 1 N–H and O–H groups in total. The van der Waals surface area contributed by atoms with Crippen LogP contribution in [0.1, 0.15) is 22.5 Å². The molecule has 28 heavy (non-hydrogen) atoms. The number of nitrogens with zero attached hydrogens (tertiary/aromatic N) is 2. The minimum absolute atomic E-state index is 0.0106. The van der Waals surface area contributed by atoms with Crippen LogP contribution in [0.3, 0.4) is 0 Å². The van der Waals surface area contributed by atoms with E-state index in [0.717, 1.165) is 0 Å². The molecule has 1 aromatic heterocycles. The maximum Gasteiger partial charge on any atom is 0.273 e. The second kappa shape index (κ2) is 6.79. The Morgan fingerprint density at radius 2 is 1.93 bits per heavy atom. The van der Waals surface area contributed by atoms with E-state index in [4.69, 9.17) is 4.74 Å². The van der Waals surface area contributed by atoms with E-state index >= 15 is 0 Å². The topological polar surface area (TPSA) is 91.8 Å². The minimum atomic E-state index is -3.86. The monoisotopic (exact) mass is 397 g/mol. The van der Waals surface area contributed by atoms with Gasteiger partial charge in [-0.3, -0.25) is 4.79 Å². The van der Waals surface area contributed by atoms with Crippen LogP contribution in [-0.4, -0.2) is 43.0 Å². The largest absolute Gasteiger partial charge is 0.497 e. The highest BCUT2D eigenvalue weighted by Crippen LogP contribution is 2.32. The number of aromatic amines is 1. The molecule has 0 spiro atoms. The Morgan fingerprint density at radius 1 is 1.18 bits per heavy atom. The SMILES string of the molecule is COc1ccc2[nH]c(C)c(S(=O)(=O)C3=NN(C(=O)c4ccccc4)CC3)c2c1. The van der Waals surface area contributed by atoms with Crippen molar-refractivity contribution in [2.75, 3.05) is 13.7 Å². The Morgan fingerprint density at radius 3 is 2.64 bits per heavy atom. The number of benzene rings is 2. The van der Waals surface area contributed by atoms with E-state index in [1.54, 1.807) is 49.4 Å². The van der Waals surface area contributed by atoms with Gasteiger partial charge in [0.05, 0.1) is 13.7 Å². The number of carbonyl (C=O) groups is 1. The summed E-state index contributed by atoms with van der Waals surface area (Å²) in [6.45, 7) is 1.94. The Bertz CT molecular complexity index is 1200. The molecule has 144 valence electrons. The number of nitrogens with one attached hydrogen (secondary N) is 1. The third kappa shape index (κ3) is 2.95. The first-order chi connectivity index (χ1) is 13.4. The van der Waals surface area contributed by atoms with E-state index in [1.807, 2.05) is 6.07 Å². The van der Waals surface area contributed by atoms with E-state index < -0.39 is 9.84 Å². The Hall–Kier alpha value is -3.13. The molecule has 0 atom stereocenters. The number of hydrazone groups is 1. The number of amides is 1. The molecule has 0 saturated carbocycles. The predicted octanol–water partition coefficient (Wildman–Crippen LogP) is 3.12. The summed E-state index contributed by atoms with van der Waals surface area (Å²) in [7, 11) is -2.33. The molecule has 0 aliphatic carbocycles. The van der Waals surface area contributed by atoms with Crippen LogP contribution < -0.4 is 4.74 Å². The summed E-state index contributed by atoms with van der Waals surface area (Å²) in [5, 5.41) is 5.90. The molecule has 0 unspecified atom stereocenters. The van der Waals surface area contributed by atoms with Gasteiger partial charge >= 0.3 is 0 Å². The molecule has 7 nitrogen and oxygen atoms in total. The van der Waals surface area contributed by atoms with E-state index in [0.29, 0.717) is 27.9 Å². The van der Waals surface area contributed by atoms with Crippen molar-refractivity contribution in [3.63, 3.8) is 0 Å². The average Bonchev–Trinajstić information content (AvgIpc) is 3.32. The molecule has 0 bridgehead atoms. The van der Waals surface area contributed by atoms with Gasteiger partial charge in [0.1, 0.15) is 10.6 Å². The van der Waals surface area contributed by atoms with E-state index in [1.165, 1.54) is 12.1 Å². The number of aromatic nitrogens is 1. The average molecular weight is 397 g/mol. The van der Waals surface area contributed by atoms with Gasteiger partial charge in [-0.05, 0) is 37.3 Å². The summed E-state index contributed by atoms with van der Waals surface area (Å²) in [5.41, 5.74) is 1.70.